The molecule has 0 amide bonds. The highest BCUT2D eigenvalue weighted by atomic mass is 16.1. The van der Waals surface area contributed by atoms with Crippen molar-refractivity contribution in [3.8, 4) is 0 Å². The summed E-state index contributed by atoms with van der Waals surface area (Å²) in [5, 5.41) is 0. The summed E-state index contributed by atoms with van der Waals surface area (Å²) < 4.78 is 0. The molecule has 2 N–H and O–H groups in total. The first-order chi connectivity index (χ1) is 5.91. The topological polar surface area (TPSA) is 43.1 Å². The van der Waals surface area contributed by atoms with Crippen molar-refractivity contribution in [2.75, 3.05) is 0 Å². The van der Waals surface area contributed by atoms with E-state index in [2.05, 4.69) is 20.8 Å². The molecule has 76 valence electrons. The van der Waals surface area contributed by atoms with Crippen LogP contribution in [0.4, 0.5) is 0 Å². The Labute approximate surface area is 80.9 Å². The van der Waals surface area contributed by atoms with Gasteiger partial charge in [0.25, 0.3) is 0 Å². The Morgan fingerprint density at radius 1 is 1.54 bits per heavy atom. The lowest BCUT2D eigenvalue weighted by atomic mass is 9.83. The number of carbonyl (C=O) groups excluding carboxylic acids is 1. The third kappa shape index (κ3) is 1.78. The van der Waals surface area contributed by atoms with Gasteiger partial charge in [-0.05, 0) is 37.5 Å². The molecule has 0 aliphatic heterocycles. The summed E-state index contributed by atoms with van der Waals surface area (Å²) >= 11 is 0. The van der Waals surface area contributed by atoms with Crippen LogP contribution in [-0.4, -0.2) is 11.8 Å². The van der Waals surface area contributed by atoms with E-state index in [9.17, 15) is 4.79 Å². The molecular formula is C11H21NO. The zero-order valence-electron chi connectivity index (χ0n) is 9.13. The second-order valence-corrected chi connectivity index (χ2v) is 4.86. The maximum atomic E-state index is 11.0. The molecule has 0 spiro atoms. The molecule has 0 aromatic heterocycles. The average molecular weight is 183 g/mol. The molecule has 0 aromatic rings. The van der Waals surface area contributed by atoms with Crippen LogP contribution in [0, 0.1) is 17.3 Å². The second-order valence-electron chi connectivity index (χ2n) is 4.86. The summed E-state index contributed by atoms with van der Waals surface area (Å²) in [6.45, 7) is 8.16. The van der Waals surface area contributed by atoms with Gasteiger partial charge in [0.05, 0.1) is 0 Å². The molecule has 13 heavy (non-hydrogen) atoms. The van der Waals surface area contributed by atoms with Crippen LogP contribution in [0.1, 0.15) is 40.5 Å². The molecule has 0 heterocycles. The van der Waals surface area contributed by atoms with Crippen LogP contribution < -0.4 is 5.73 Å². The summed E-state index contributed by atoms with van der Waals surface area (Å²) in [5.74, 6) is 1.44. The van der Waals surface area contributed by atoms with E-state index in [0.717, 1.165) is 12.8 Å². The van der Waals surface area contributed by atoms with Gasteiger partial charge in [0.15, 0.2) is 0 Å². The van der Waals surface area contributed by atoms with E-state index < -0.39 is 0 Å². The number of hydrogen-bond acceptors (Lipinski definition) is 2. The Morgan fingerprint density at radius 2 is 2.08 bits per heavy atom. The lowest BCUT2D eigenvalue weighted by molar-refractivity contribution is -0.117. The van der Waals surface area contributed by atoms with Crippen molar-refractivity contribution in [1.29, 1.82) is 0 Å². The molecule has 2 nitrogen and oxygen atoms in total. The fourth-order valence-electron chi connectivity index (χ4n) is 2.77. The average Bonchev–Trinajstić information content (AvgIpc) is 2.61. The molecule has 0 radical (unpaired) electrons. The van der Waals surface area contributed by atoms with E-state index >= 15 is 0 Å². The Balaban J connectivity index is 2.62. The number of Topliss-reactive ketones (excluding diaryl/α,β-unsaturated/α-hetero) is 1. The number of ketones is 1. The maximum absolute atomic E-state index is 11.0. The molecule has 0 bridgehead atoms. The van der Waals surface area contributed by atoms with Gasteiger partial charge in [-0.25, -0.2) is 0 Å². The van der Waals surface area contributed by atoms with E-state index in [0.29, 0.717) is 17.6 Å². The van der Waals surface area contributed by atoms with E-state index in [1.807, 2.05) is 0 Å². The molecule has 1 rings (SSSR count). The first-order valence-corrected chi connectivity index (χ1v) is 5.16. The van der Waals surface area contributed by atoms with Gasteiger partial charge < -0.3 is 10.5 Å². The fraction of sp³-hybridized carbons (Fsp3) is 0.909. The van der Waals surface area contributed by atoms with Crippen molar-refractivity contribution in [2.24, 2.45) is 23.0 Å². The zero-order chi connectivity index (χ0) is 10.2. The van der Waals surface area contributed by atoms with Crippen LogP contribution in [0.15, 0.2) is 0 Å². The SMILES string of the molecule is CC(=O)CC1CC1(C(C)C)C(C)N. The molecule has 1 aliphatic carbocycles. The highest BCUT2D eigenvalue weighted by molar-refractivity contribution is 5.76. The van der Waals surface area contributed by atoms with Crippen molar-refractivity contribution in [3.63, 3.8) is 0 Å². The van der Waals surface area contributed by atoms with Gasteiger partial charge in [0.1, 0.15) is 5.78 Å². The van der Waals surface area contributed by atoms with Crippen LogP contribution in [0.5, 0.6) is 0 Å². The maximum Gasteiger partial charge on any atom is 0.130 e. The number of carbonyl (C=O) groups is 1. The lowest BCUT2D eigenvalue weighted by Crippen LogP contribution is -2.34. The number of hydrogen-bond donors (Lipinski definition) is 1. The summed E-state index contributed by atoms with van der Waals surface area (Å²) in [5.41, 5.74) is 6.24. The summed E-state index contributed by atoms with van der Waals surface area (Å²) in [6, 6.07) is 0.219. The van der Waals surface area contributed by atoms with E-state index in [1.54, 1.807) is 6.92 Å². The van der Waals surface area contributed by atoms with Gasteiger partial charge in [0, 0.05) is 12.5 Å². The van der Waals surface area contributed by atoms with E-state index in [4.69, 9.17) is 5.73 Å². The molecule has 0 saturated heterocycles. The molecule has 0 aromatic carbocycles. The predicted molar refractivity (Wildman–Crippen MR) is 54.3 cm³/mol. The minimum atomic E-state index is 0.219. The quantitative estimate of drug-likeness (QED) is 0.724. The van der Waals surface area contributed by atoms with Gasteiger partial charge in [0.2, 0.25) is 0 Å². The normalized spacial score (nSPS) is 34.8. The van der Waals surface area contributed by atoms with E-state index in [1.165, 1.54) is 0 Å². The largest absolute Gasteiger partial charge is 0.327 e. The van der Waals surface area contributed by atoms with Crippen molar-refractivity contribution in [1.82, 2.24) is 0 Å². The third-order valence-corrected chi connectivity index (χ3v) is 3.66. The standard InChI is InChI=1S/C11H21NO/c1-7(2)11(9(4)12)6-10(11)5-8(3)13/h7,9-10H,5-6,12H2,1-4H3. The predicted octanol–water partition coefficient (Wildman–Crippen LogP) is 1.98. The van der Waals surface area contributed by atoms with Gasteiger partial charge in [-0.2, -0.15) is 0 Å². The number of nitrogens with two attached hydrogens (primary N) is 1. The van der Waals surface area contributed by atoms with Gasteiger partial charge >= 0.3 is 0 Å². The van der Waals surface area contributed by atoms with Crippen LogP contribution in [0.3, 0.4) is 0 Å². The molecule has 2 heteroatoms. The highest BCUT2D eigenvalue weighted by Gasteiger charge is 2.58. The zero-order valence-corrected chi connectivity index (χ0v) is 9.13. The Morgan fingerprint density at radius 3 is 2.31 bits per heavy atom. The Bertz CT molecular complexity index is 200. The van der Waals surface area contributed by atoms with Crippen LogP contribution >= 0.6 is 0 Å². The van der Waals surface area contributed by atoms with Crippen molar-refractivity contribution < 1.29 is 4.79 Å². The molecule has 3 unspecified atom stereocenters. The first-order valence-electron chi connectivity index (χ1n) is 5.16. The monoisotopic (exact) mass is 183 g/mol. The van der Waals surface area contributed by atoms with Gasteiger partial charge in [-0.1, -0.05) is 13.8 Å². The second kappa shape index (κ2) is 3.41. The van der Waals surface area contributed by atoms with Crippen molar-refractivity contribution >= 4 is 5.78 Å². The fourth-order valence-corrected chi connectivity index (χ4v) is 2.77. The third-order valence-electron chi connectivity index (χ3n) is 3.66. The minimum absolute atomic E-state index is 0.219. The van der Waals surface area contributed by atoms with Gasteiger partial charge in [-0.15, -0.1) is 0 Å². The summed E-state index contributed by atoms with van der Waals surface area (Å²) in [7, 11) is 0. The lowest BCUT2D eigenvalue weighted by Gasteiger charge is -2.25. The highest BCUT2D eigenvalue weighted by Crippen LogP contribution is 2.61. The molecule has 1 fully saturated rings. The van der Waals surface area contributed by atoms with Crippen LogP contribution in [-0.2, 0) is 4.79 Å². The summed E-state index contributed by atoms with van der Waals surface area (Å²) in [4.78, 5) is 11.0. The number of rotatable bonds is 4. The Kier molecular flexibility index (Phi) is 2.81. The summed E-state index contributed by atoms with van der Waals surface area (Å²) in [6.07, 6.45) is 1.86. The smallest absolute Gasteiger partial charge is 0.130 e. The Hall–Kier alpha value is -0.370. The molecule has 1 saturated carbocycles. The molecular weight excluding hydrogens is 162 g/mol. The first kappa shape index (κ1) is 10.7. The minimum Gasteiger partial charge on any atom is -0.327 e. The molecule has 1 aliphatic rings. The van der Waals surface area contributed by atoms with Crippen LogP contribution in [0.2, 0.25) is 0 Å². The van der Waals surface area contributed by atoms with E-state index in [-0.39, 0.29) is 11.5 Å². The van der Waals surface area contributed by atoms with Crippen LogP contribution in [0.25, 0.3) is 0 Å². The van der Waals surface area contributed by atoms with Crippen molar-refractivity contribution in [2.45, 2.75) is 46.6 Å². The molecule has 3 atom stereocenters. The van der Waals surface area contributed by atoms with Crippen molar-refractivity contribution in [3.05, 3.63) is 0 Å². The van der Waals surface area contributed by atoms with Gasteiger partial charge in [-0.3, -0.25) is 0 Å².